The maximum absolute atomic E-state index is 6.02. The number of hydrogen-bond acceptors (Lipinski definition) is 3. The molecule has 0 aromatic heterocycles. The lowest BCUT2D eigenvalue weighted by molar-refractivity contribution is 0.0833. The van der Waals surface area contributed by atoms with Crippen molar-refractivity contribution in [3.8, 4) is 0 Å². The fourth-order valence-corrected chi connectivity index (χ4v) is 3.62. The monoisotopic (exact) mass is 285 g/mol. The average molecular weight is 286 g/mol. The van der Waals surface area contributed by atoms with Gasteiger partial charge in [0.1, 0.15) is 0 Å². The smallest absolute Gasteiger partial charge is 0.0603 e. The van der Waals surface area contributed by atoms with Crippen LogP contribution >= 0.6 is 23.4 Å². The summed E-state index contributed by atoms with van der Waals surface area (Å²) >= 11 is 7.89. The van der Waals surface area contributed by atoms with Gasteiger partial charge in [0.15, 0.2) is 0 Å². The van der Waals surface area contributed by atoms with Crippen molar-refractivity contribution in [3.05, 3.63) is 29.3 Å². The second-order valence-corrected chi connectivity index (χ2v) is 6.29. The highest BCUT2D eigenvalue weighted by molar-refractivity contribution is 8.00. The van der Waals surface area contributed by atoms with Crippen LogP contribution in [0, 0.1) is 0 Å². The second-order valence-electron chi connectivity index (χ2n) is 4.54. The summed E-state index contributed by atoms with van der Waals surface area (Å²) in [5.41, 5.74) is 0. The van der Waals surface area contributed by atoms with Gasteiger partial charge < -0.3 is 10.1 Å². The van der Waals surface area contributed by atoms with E-state index in [-0.39, 0.29) is 0 Å². The Balaban J connectivity index is 1.96. The topological polar surface area (TPSA) is 21.3 Å². The minimum atomic E-state index is 0.476. The van der Waals surface area contributed by atoms with Gasteiger partial charge in [-0.3, -0.25) is 0 Å². The van der Waals surface area contributed by atoms with E-state index in [1.165, 1.54) is 11.3 Å². The lowest BCUT2D eigenvalue weighted by Gasteiger charge is -2.31. The summed E-state index contributed by atoms with van der Waals surface area (Å²) in [7, 11) is 0. The quantitative estimate of drug-likeness (QED) is 0.893. The van der Waals surface area contributed by atoms with Gasteiger partial charge in [-0.15, -0.1) is 11.8 Å². The third-order valence-corrected chi connectivity index (χ3v) is 4.57. The summed E-state index contributed by atoms with van der Waals surface area (Å²) in [6.45, 7) is 4.97. The number of rotatable bonds is 5. The normalized spacial score (nSPS) is 24.1. The van der Waals surface area contributed by atoms with Crippen LogP contribution in [0.1, 0.15) is 19.8 Å². The molecule has 0 spiro atoms. The number of nitrogens with one attached hydrogen (secondary N) is 1. The number of benzene rings is 1. The summed E-state index contributed by atoms with van der Waals surface area (Å²) < 4.78 is 5.60. The van der Waals surface area contributed by atoms with Crippen LogP contribution < -0.4 is 5.32 Å². The van der Waals surface area contributed by atoms with Crippen molar-refractivity contribution in [2.24, 2.45) is 0 Å². The second kappa shape index (κ2) is 7.39. The van der Waals surface area contributed by atoms with E-state index in [4.69, 9.17) is 16.3 Å². The van der Waals surface area contributed by atoms with Crippen LogP contribution in [0.4, 0.5) is 0 Å². The highest BCUT2D eigenvalue weighted by atomic mass is 35.5. The van der Waals surface area contributed by atoms with Crippen LogP contribution in [-0.2, 0) is 4.74 Å². The highest BCUT2D eigenvalue weighted by Crippen LogP contribution is 2.30. The van der Waals surface area contributed by atoms with Crippen molar-refractivity contribution < 1.29 is 4.74 Å². The summed E-state index contributed by atoms with van der Waals surface area (Å²) in [5.74, 6) is 0. The van der Waals surface area contributed by atoms with Crippen LogP contribution in [0.3, 0.4) is 0 Å². The van der Waals surface area contributed by atoms with Gasteiger partial charge in [0, 0.05) is 27.8 Å². The van der Waals surface area contributed by atoms with E-state index in [0.29, 0.717) is 11.3 Å². The van der Waals surface area contributed by atoms with E-state index in [2.05, 4.69) is 18.3 Å². The molecular formula is C14H20ClNOS. The van der Waals surface area contributed by atoms with Crippen molar-refractivity contribution in [2.75, 3.05) is 19.8 Å². The molecule has 2 unspecified atom stereocenters. The van der Waals surface area contributed by atoms with Crippen molar-refractivity contribution in [2.45, 2.75) is 36.0 Å². The summed E-state index contributed by atoms with van der Waals surface area (Å²) in [4.78, 5) is 1.22. The molecule has 1 N–H and O–H groups in total. The van der Waals surface area contributed by atoms with Crippen LogP contribution in [0.15, 0.2) is 29.2 Å². The van der Waals surface area contributed by atoms with Crippen molar-refractivity contribution in [3.63, 3.8) is 0 Å². The molecule has 0 aliphatic carbocycles. The Morgan fingerprint density at radius 3 is 3.17 bits per heavy atom. The number of halogens is 1. The zero-order valence-corrected chi connectivity index (χ0v) is 12.3. The Bertz CT molecular complexity index is 375. The Labute approximate surface area is 118 Å². The third kappa shape index (κ3) is 4.16. The van der Waals surface area contributed by atoms with Gasteiger partial charge in [0.25, 0.3) is 0 Å². The van der Waals surface area contributed by atoms with E-state index in [9.17, 15) is 0 Å². The van der Waals surface area contributed by atoms with Gasteiger partial charge in [-0.2, -0.15) is 0 Å². The lowest BCUT2D eigenvalue weighted by atomic mass is 10.1. The van der Waals surface area contributed by atoms with Crippen molar-refractivity contribution in [1.82, 2.24) is 5.32 Å². The molecule has 1 fully saturated rings. The number of hydrogen-bond donors (Lipinski definition) is 1. The molecule has 2 nitrogen and oxygen atoms in total. The molecule has 0 radical (unpaired) electrons. The zero-order valence-electron chi connectivity index (χ0n) is 10.7. The summed E-state index contributed by atoms with van der Waals surface area (Å²) in [6, 6.07) is 8.60. The maximum Gasteiger partial charge on any atom is 0.0603 e. The fraction of sp³-hybridized carbons (Fsp3) is 0.571. The van der Waals surface area contributed by atoms with Crippen LogP contribution in [0.5, 0.6) is 0 Å². The van der Waals surface area contributed by atoms with E-state index in [0.717, 1.165) is 31.2 Å². The molecule has 1 aromatic carbocycles. The Morgan fingerprint density at radius 2 is 2.39 bits per heavy atom. The SMILES string of the molecule is CCCNC1CCOCC1Sc1cccc(Cl)c1. The maximum atomic E-state index is 6.02. The van der Waals surface area contributed by atoms with Crippen molar-refractivity contribution in [1.29, 1.82) is 0 Å². The van der Waals surface area contributed by atoms with E-state index in [1.54, 1.807) is 0 Å². The molecule has 18 heavy (non-hydrogen) atoms. The Kier molecular flexibility index (Phi) is 5.83. The number of ether oxygens (including phenoxy) is 1. The fourth-order valence-electron chi connectivity index (χ4n) is 2.11. The first kappa shape index (κ1) is 14.2. The highest BCUT2D eigenvalue weighted by Gasteiger charge is 2.26. The minimum Gasteiger partial charge on any atom is -0.380 e. The summed E-state index contributed by atoms with van der Waals surface area (Å²) in [5, 5.41) is 4.90. The molecule has 2 atom stereocenters. The first-order valence-electron chi connectivity index (χ1n) is 6.53. The van der Waals surface area contributed by atoms with Crippen LogP contribution in [0.25, 0.3) is 0 Å². The van der Waals surface area contributed by atoms with E-state index in [1.807, 2.05) is 30.0 Å². The van der Waals surface area contributed by atoms with Gasteiger partial charge in [0.2, 0.25) is 0 Å². The lowest BCUT2D eigenvalue weighted by Crippen LogP contribution is -2.45. The van der Waals surface area contributed by atoms with Gasteiger partial charge >= 0.3 is 0 Å². The molecule has 1 aliphatic heterocycles. The van der Waals surface area contributed by atoms with E-state index >= 15 is 0 Å². The van der Waals surface area contributed by atoms with E-state index < -0.39 is 0 Å². The molecule has 0 saturated carbocycles. The molecule has 4 heteroatoms. The first-order chi connectivity index (χ1) is 8.79. The molecule has 0 bridgehead atoms. The molecule has 1 aromatic rings. The largest absolute Gasteiger partial charge is 0.380 e. The van der Waals surface area contributed by atoms with Gasteiger partial charge in [-0.1, -0.05) is 24.6 Å². The van der Waals surface area contributed by atoms with Gasteiger partial charge in [-0.25, -0.2) is 0 Å². The first-order valence-corrected chi connectivity index (χ1v) is 7.78. The summed E-state index contributed by atoms with van der Waals surface area (Å²) in [6.07, 6.45) is 2.27. The Hall–Kier alpha value is -0.220. The predicted octanol–water partition coefficient (Wildman–Crippen LogP) is 3.59. The van der Waals surface area contributed by atoms with Gasteiger partial charge in [-0.05, 0) is 37.6 Å². The molecule has 1 aliphatic rings. The molecule has 2 rings (SSSR count). The van der Waals surface area contributed by atoms with Crippen LogP contribution in [-0.4, -0.2) is 31.1 Å². The molecular weight excluding hydrogens is 266 g/mol. The predicted molar refractivity (Wildman–Crippen MR) is 78.6 cm³/mol. The average Bonchev–Trinajstić information content (AvgIpc) is 2.38. The molecule has 100 valence electrons. The number of thioether (sulfide) groups is 1. The third-order valence-electron chi connectivity index (χ3n) is 3.04. The molecule has 0 amide bonds. The van der Waals surface area contributed by atoms with Crippen molar-refractivity contribution >= 4 is 23.4 Å². The minimum absolute atomic E-state index is 0.476. The Morgan fingerprint density at radius 1 is 1.50 bits per heavy atom. The standard InChI is InChI=1S/C14H20ClNOS/c1-2-7-16-13-6-8-17-10-14(13)18-12-5-3-4-11(15)9-12/h3-5,9,13-14,16H,2,6-8,10H2,1H3. The van der Waals surface area contributed by atoms with Gasteiger partial charge in [0.05, 0.1) is 6.61 Å². The molecule has 1 heterocycles. The zero-order chi connectivity index (χ0) is 12.8. The molecule has 1 saturated heterocycles. The van der Waals surface area contributed by atoms with Crippen LogP contribution in [0.2, 0.25) is 5.02 Å².